The summed E-state index contributed by atoms with van der Waals surface area (Å²) in [6.07, 6.45) is 2.56. The van der Waals surface area contributed by atoms with Gasteiger partial charge in [-0.05, 0) is 18.8 Å². The molecule has 1 unspecified atom stereocenters. The average Bonchev–Trinajstić information content (AvgIpc) is 2.49. The highest BCUT2D eigenvalue weighted by molar-refractivity contribution is 4.78. The van der Waals surface area contributed by atoms with Crippen molar-refractivity contribution in [2.75, 3.05) is 59.2 Å². The Kier molecular flexibility index (Phi) is 6.53. The molecule has 5 nitrogen and oxygen atoms in total. The summed E-state index contributed by atoms with van der Waals surface area (Å²) in [5, 5.41) is 10.9. The van der Waals surface area contributed by atoms with E-state index in [9.17, 15) is 5.11 Å². The molecule has 2 fully saturated rings. The van der Waals surface area contributed by atoms with Gasteiger partial charge in [0.1, 0.15) is 0 Å². The lowest BCUT2D eigenvalue weighted by atomic mass is 10.0. The van der Waals surface area contributed by atoms with E-state index < -0.39 is 0 Å². The third-order valence-electron chi connectivity index (χ3n) is 4.14. The van der Waals surface area contributed by atoms with Crippen LogP contribution in [0.1, 0.15) is 19.8 Å². The fourth-order valence-electron chi connectivity index (χ4n) is 2.86. The first kappa shape index (κ1) is 15.2. The van der Waals surface area contributed by atoms with Crippen molar-refractivity contribution in [1.29, 1.82) is 0 Å². The Balaban J connectivity index is 1.90. The molecule has 0 bridgehead atoms. The first-order chi connectivity index (χ1) is 9.31. The molecule has 111 valence electrons. The van der Waals surface area contributed by atoms with Crippen LogP contribution in [-0.2, 0) is 14.6 Å². The molecule has 0 aromatic rings. The number of nitrogens with zero attached hydrogens (tertiary/aromatic N) is 2. The van der Waals surface area contributed by atoms with Crippen molar-refractivity contribution < 1.29 is 14.6 Å². The highest BCUT2D eigenvalue weighted by Crippen LogP contribution is 2.18. The summed E-state index contributed by atoms with van der Waals surface area (Å²) in [7, 11) is 0. The van der Waals surface area contributed by atoms with Crippen molar-refractivity contribution in [3.63, 3.8) is 0 Å². The molecule has 1 radical (unpaired) electrons. The summed E-state index contributed by atoms with van der Waals surface area (Å²) in [4.78, 5) is 5.04. The average molecular weight is 271 g/mol. The zero-order chi connectivity index (χ0) is 13.5. The van der Waals surface area contributed by atoms with E-state index in [-0.39, 0.29) is 12.5 Å². The molecule has 2 rings (SSSR count). The summed E-state index contributed by atoms with van der Waals surface area (Å²) in [5.74, 6) is 0.282. The van der Waals surface area contributed by atoms with Gasteiger partial charge in [0.2, 0.25) is 0 Å². The van der Waals surface area contributed by atoms with Crippen LogP contribution in [0.25, 0.3) is 0 Å². The van der Waals surface area contributed by atoms with Gasteiger partial charge in [0.25, 0.3) is 0 Å². The molecule has 0 spiro atoms. The van der Waals surface area contributed by atoms with Crippen LogP contribution in [0.4, 0.5) is 0 Å². The Labute approximate surface area is 116 Å². The van der Waals surface area contributed by atoms with E-state index in [1.807, 2.05) is 0 Å². The molecule has 1 atom stereocenters. The first-order valence-corrected chi connectivity index (χ1v) is 7.53. The summed E-state index contributed by atoms with van der Waals surface area (Å²) >= 11 is 0. The molecule has 2 heterocycles. The van der Waals surface area contributed by atoms with E-state index >= 15 is 0 Å². The minimum atomic E-state index is 0.0406. The van der Waals surface area contributed by atoms with Gasteiger partial charge in [0.05, 0.1) is 39.2 Å². The second-order valence-corrected chi connectivity index (χ2v) is 5.63. The van der Waals surface area contributed by atoms with Gasteiger partial charge in [-0.25, -0.2) is 5.11 Å². The molecule has 0 amide bonds. The van der Waals surface area contributed by atoms with Gasteiger partial charge in [-0.1, -0.05) is 6.92 Å². The molecule has 0 N–H and O–H groups in total. The van der Waals surface area contributed by atoms with E-state index in [1.165, 1.54) is 0 Å². The molecule has 2 saturated heterocycles. The minimum Gasteiger partial charge on any atom is -0.379 e. The lowest BCUT2D eigenvalue weighted by Gasteiger charge is -2.43. The number of hydrogen-bond donors (Lipinski definition) is 0. The third kappa shape index (κ3) is 4.68. The van der Waals surface area contributed by atoms with Crippen LogP contribution in [0.3, 0.4) is 0 Å². The molecule has 0 aliphatic carbocycles. The predicted octanol–water partition coefficient (Wildman–Crippen LogP) is 0.824. The lowest BCUT2D eigenvalue weighted by molar-refractivity contribution is -0.0704. The summed E-state index contributed by atoms with van der Waals surface area (Å²) < 4.78 is 10.9. The standard InChI is InChI=1S/C14H27N2O3/c1-13(12-17)2-3-14(15-4-8-18-9-5-15)16-6-10-19-11-7-16/h13-14H,2-12H2,1H3. The Hall–Kier alpha value is -0.200. The number of morpholine rings is 2. The van der Waals surface area contributed by atoms with Gasteiger partial charge in [-0.3, -0.25) is 9.80 Å². The maximum Gasteiger partial charge on any atom is 0.0847 e. The Morgan fingerprint density at radius 1 is 0.895 bits per heavy atom. The van der Waals surface area contributed by atoms with Crippen LogP contribution in [0, 0.1) is 5.92 Å². The maximum absolute atomic E-state index is 10.9. The van der Waals surface area contributed by atoms with Crippen molar-refractivity contribution in [2.24, 2.45) is 5.92 Å². The molecular formula is C14H27N2O3. The fraction of sp³-hybridized carbons (Fsp3) is 1.00. The van der Waals surface area contributed by atoms with Crippen LogP contribution in [0.5, 0.6) is 0 Å². The smallest absolute Gasteiger partial charge is 0.0847 e. The van der Waals surface area contributed by atoms with Gasteiger partial charge in [-0.2, -0.15) is 0 Å². The Morgan fingerprint density at radius 3 is 1.79 bits per heavy atom. The molecule has 0 saturated carbocycles. The van der Waals surface area contributed by atoms with Gasteiger partial charge >= 0.3 is 0 Å². The summed E-state index contributed by atoms with van der Waals surface area (Å²) in [6, 6.07) is 0. The Morgan fingerprint density at radius 2 is 1.37 bits per heavy atom. The van der Waals surface area contributed by atoms with Crippen molar-refractivity contribution in [3.05, 3.63) is 0 Å². The second-order valence-electron chi connectivity index (χ2n) is 5.63. The van der Waals surface area contributed by atoms with Crippen LogP contribution < -0.4 is 0 Å². The third-order valence-corrected chi connectivity index (χ3v) is 4.14. The Bertz CT molecular complexity index is 223. The van der Waals surface area contributed by atoms with E-state index in [0.29, 0.717) is 6.17 Å². The minimum absolute atomic E-state index is 0.0406. The topological polar surface area (TPSA) is 44.8 Å². The number of rotatable bonds is 6. The number of hydrogen-bond acceptors (Lipinski definition) is 4. The van der Waals surface area contributed by atoms with Gasteiger partial charge in [0.15, 0.2) is 0 Å². The van der Waals surface area contributed by atoms with E-state index in [2.05, 4.69) is 16.7 Å². The van der Waals surface area contributed by atoms with Crippen molar-refractivity contribution in [1.82, 2.24) is 9.80 Å². The number of ether oxygens (including phenoxy) is 2. The van der Waals surface area contributed by atoms with Crippen LogP contribution in [-0.4, -0.2) is 75.2 Å². The fourth-order valence-corrected chi connectivity index (χ4v) is 2.86. The maximum atomic E-state index is 10.9. The molecule has 0 aromatic heterocycles. The monoisotopic (exact) mass is 271 g/mol. The zero-order valence-corrected chi connectivity index (χ0v) is 12.1. The van der Waals surface area contributed by atoms with E-state index in [1.54, 1.807) is 0 Å². The molecular weight excluding hydrogens is 244 g/mol. The zero-order valence-electron chi connectivity index (χ0n) is 12.1. The van der Waals surface area contributed by atoms with Gasteiger partial charge in [-0.15, -0.1) is 0 Å². The van der Waals surface area contributed by atoms with Crippen molar-refractivity contribution in [3.8, 4) is 0 Å². The highest BCUT2D eigenvalue weighted by Gasteiger charge is 2.28. The molecule has 0 aromatic carbocycles. The quantitative estimate of drug-likeness (QED) is 0.717. The van der Waals surface area contributed by atoms with E-state index in [4.69, 9.17) is 9.47 Å². The van der Waals surface area contributed by atoms with Crippen LogP contribution in [0.15, 0.2) is 0 Å². The summed E-state index contributed by atoms with van der Waals surface area (Å²) in [6.45, 7) is 9.45. The van der Waals surface area contributed by atoms with Crippen LogP contribution >= 0.6 is 0 Å². The largest absolute Gasteiger partial charge is 0.379 e. The normalized spacial score (nSPS) is 24.8. The first-order valence-electron chi connectivity index (χ1n) is 7.53. The highest BCUT2D eigenvalue weighted by atomic mass is 16.5. The van der Waals surface area contributed by atoms with Gasteiger partial charge in [0, 0.05) is 26.2 Å². The molecule has 19 heavy (non-hydrogen) atoms. The van der Waals surface area contributed by atoms with E-state index in [0.717, 1.165) is 65.4 Å². The lowest BCUT2D eigenvalue weighted by Crippen LogP contribution is -2.55. The molecule has 2 aliphatic rings. The van der Waals surface area contributed by atoms with Crippen LogP contribution in [0.2, 0.25) is 0 Å². The predicted molar refractivity (Wildman–Crippen MR) is 72.5 cm³/mol. The van der Waals surface area contributed by atoms with Crippen molar-refractivity contribution >= 4 is 0 Å². The summed E-state index contributed by atoms with van der Waals surface area (Å²) in [5.41, 5.74) is 0. The molecule has 5 heteroatoms. The van der Waals surface area contributed by atoms with Crippen molar-refractivity contribution in [2.45, 2.75) is 25.9 Å². The van der Waals surface area contributed by atoms with Gasteiger partial charge < -0.3 is 9.47 Å². The second kappa shape index (κ2) is 8.17. The SMILES string of the molecule is CC(C[O])CCC(N1CCOCC1)N1CCOCC1. The molecule has 2 aliphatic heterocycles.